The fourth-order valence-corrected chi connectivity index (χ4v) is 3.24. The molecular weight excluding hydrogens is 314 g/mol. The summed E-state index contributed by atoms with van der Waals surface area (Å²) in [5, 5.41) is 2.68. The van der Waals surface area contributed by atoms with Gasteiger partial charge in [0.25, 0.3) is 0 Å². The van der Waals surface area contributed by atoms with Crippen LogP contribution >= 0.6 is 0 Å². The summed E-state index contributed by atoms with van der Waals surface area (Å²) in [5.74, 6) is -0.614. The first-order chi connectivity index (χ1) is 11.5. The topological polar surface area (TPSA) is 109 Å². The number of aromatic nitrogens is 1. The maximum Gasteiger partial charge on any atom is 0.306 e. The number of anilines is 1. The molecule has 1 aromatic rings. The maximum atomic E-state index is 12.5. The van der Waals surface area contributed by atoms with Gasteiger partial charge in [0.15, 0.2) is 0 Å². The molecule has 128 valence electrons. The lowest BCUT2D eigenvalue weighted by Gasteiger charge is -2.26. The second-order valence-electron chi connectivity index (χ2n) is 6.12. The van der Waals surface area contributed by atoms with E-state index in [4.69, 9.17) is 0 Å². The van der Waals surface area contributed by atoms with E-state index in [1.807, 2.05) is 0 Å². The second-order valence-corrected chi connectivity index (χ2v) is 6.12. The molecule has 3 atom stereocenters. The normalized spacial score (nSPS) is 24.2. The van der Waals surface area contributed by atoms with Gasteiger partial charge in [0, 0.05) is 30.4 Å². The van der Waals surface area contributed by atoms with Crippen molar-refractivity contribution >= 4 is 23.5 Å². The highest BCUT2D eigenvalue weighted by molar-refractivity contribution is 5.98. The van der Waals surface area contributed by atoms with Gasteiger partial charge in [-0.25, -0.2) is 0 Å². The minimum absolute atomic E-state index is 0.00558. The van der Waals surface area contributed by atoms with Crippen molar-refractivity contribution in [1.82, 2.24) is 9.88 Å². The fraction of sp³-hybridized carbons (Fsp3) is 0.500. The zero-order chi connectivity index (χ0) is 17.3. The molecule has 3 rings (SSSR count). The van der Waals surface area contributed by atoms with Crippen molar-refractivity contribution in [2.75, 3.05) is 12.4 Å². The highest BCUT2D eigenvalue weighted by atomic mass is 16.5. The van der Waals surface area contributed by atoms with Crippen LogP contribution in [0.3, 0.4) is 0 Å². The van der Waals surface area contributed by atoms with E-state index in [0.717, 1.165) is 6.42 Å². The van der Waals surface area contributed by atoms with Gasteiger partial charge in [0.1, 0.15) is 6.04 Å². The molecule has 2 N–H and O–H groups in total. The predicted octanol–water partition coefficient (Wildman–Crippen LogP) is 0.256. The molecule has 24 heavy (non-hydrogen) atoms. The minimum atomic E-state index is -0.557. The number of piperidine rings is 1. The number of aromatic amines is 1. The average Bonchev–Trinajstić information content (AvgIpc) is 3.22. The number of nitrogens with zero attached hydrogens (tertiary/aromatic N) is 1. The molecule has 1 aliphatic heterocycles. The number of carbonyl (C=O) groups is 3. The predicted molar refractivity (Wildman–Crippen MR) is 84.1 cm³/mol. The highest BCUT2D eigenvalue weighted by Gasteiger charge is 2.55. The SMILES string of the molecule is COC(=O)CCC(=O)N1C(C(=O)Nc2cc[nH]c(=O)c2)CC2CC21. The molecule has 2 fully saturated rings. The lowest BCUT2D eigenvalue weighted by Crippen LogP contribution is -2.45. The number of methoxy groups -OCH3 is 1. The van der Waals surface area contributed by atoms with Crippen molar-refractivity contribution in [1.29, 1.82) is 0 Å². The summed E-state index contributed by atoms with van der Waals surface area (Å²) >= 11 is 0. The number of ether oxygens (including phenoxy) is 1. The maximum absolute atomic E-state index is 12.5. The number of likely N-dealkylation sites (tertiary alicyclic amines) is 1. The van der Waals surface area contributed by atoms with Crippen LogP contribution in [0.5, 0.6) is 0 Å². The number of hydrogen-bond donors (Lipinski definition) is 2. The van der Waals surface area contributed by atoms with Crippen LogP contribution in [-0.4, -0.2) is 46.9 Å². The molecule has 2 amide bonds. The van der Waals surface area contributed by atoms with Crippen molar-refractivity contribution in [3.05, 3.63) is 28.7 Å². The van der Waals surface area contributed by atoms with E-state index in [-0.39, 0.29) is 36.3 Å². The van der Waals surface area contributed by atoms with Crippen LogP contribution in [0.1, 0.15) is 25.7 Å². The number of fused-ring (bicyclic) bond motifs is 1. The minimum Gasteiger partial charge on any atom is -0.469 e. The van der Waals surface area contributed by atoms with E-state index in [9.17, 15) is 19.2 Å². The van der Waals surface area contributed by atoms with Crippen LogP contribution in [0.4, 0.5) is 5.69 Å². The molecule has 2 heterocycles. The van der Waals surface area contributed by atoms with Crippen LogP contribution in [0, 0.1) is 5.92 Å². The van der Waals surface area contributed by atoms with Gasteiger partial charge in [-0.1, -0.05) is 0 Å². The Morgan fingerprint density at radius 2 is 2.12 bits per heavy atom. The van der Waals surface area contributed by atoms with E-state index in [2.05, 4.69) is 15.0 Å². The first-order valence-electron chi connectivity index (χ1n) is 7.87. The summed E-state index contributed by atoms with van der Waals surface area (Å²) in [4.78, 5) is 51.5. The molecule has 3 unspecified atom stereocenters. The fourth-order valence-electron chi connectivity index (χ4n) is 3.24. The van der Waals surface area contributed by atoms with Gasteiger partial charge < -0.3 is 19.9 Å². The summed E-state index contributed by atoms with van der Waals surface area (Å²) in [5.41, 5.74) is 0.0827. The third kappa shape index (κ3) is 3.32. The summed E-state index contributed by atoms with van der Waals surface area (Å²) in [6, 6.07) is 2.40. The molecule has 0 radical (unpaired) electrons. The van der Waals surface area contributed by atoms with Gasteiger partial charge in [-0.3, -0.25) is 19.2 Å². The van der Waals surface area contributed by atoms with Crippen molar-refractivity contribution < 1.29 is 19.1 Å². The van der Waals surface area contributed by atoms with E-state index >= 15 is 0 Å². The Balaban J connectivity index is 1.65. The number of esters is 1. The number of rotatable bonds is 5. The Kier molecular flexibility index (Phi) is 4.37. The van der Waals surface area contributed by atoms with Crippen molar-refractivity contribution in [2.45, 2.75) is 37.8 Å². The monoisotopic (exact) mass is 333 g/mol. The van der Waals surface area contributed by atoms with Crippen LogP contribution in [0.15, 0.2) is 23.1 Å². The van der Waals surface area contributed by atoms with Gasteiger partial charge in [-0.15, -0.1) is 0 Å². The van der Waals surface area contributed by atoms with Gasteiger partial charge >= 0.3 is 5.97 Å². The standard InChI is InChI=1S/C16H19N3O5/c1-24-15(22)3-2-14(21)19-11-6-9(11)7-12(19)16(23)18-10-4-5-17-13(20)8-10/h4-5,8-9,11-12H,2-3,6-7H2,1H3,(H2,17,18,20,23). The third-order valence-electron chi connectivity index (χ3n) is 4.51. The Bertz CT molecular complexity index is 728. The summed E-state index contributed by atoms with van der Waals surface area (Å²) < 4.78 is 4.54. The number of nitrogens with one attached hydrogen (secondary N) is 2. The third-order valence-corrected chi connectivity index (χ3v) is 4.51. The molecule has 8 heteroatoms. The first-order valence-corrected chi connectivity index (χ1v) is 7.87. The quantitative estimate of drug-likeness (QED) is 0.751. The zero-order valence-corrected chi connectivity index (χ0v) is 13.3. The molecule has 0 bridgehead atoms. The second kappa shape index (κ2) is 6.46. The van der Waals surface area contributed by atoms with Gasteiger partial charge in [-0.2, -0.15) is 0 Å². The van der Waals surface area contributed by atoms with Gasteiger partial charge in [0.2, 0.25) is 17.4 Å². The van der Waals surface area contributed by atoms with Crippen LogP contribution in [-0.2, 0) is 19.1 Å². The molecule has 1 aliphatic carbocycles. The van der Waals surface area contributed by atoms with E-state index in [1.165, 1.54) is 19.4 Å². The van der Waals surface area contributed by atoms with E-state index in [0.29, 0.717) is 18.0 Å². The number of pyridine rings is 1. The smallest absolute Gasteiger partial charge is 0.306 e. The number of hydrogen-bond acceptors (Lipinski definition) is 5. The molecular formula is C16H19N3O5. The molecule has 0 spiro atoms. The number of carbonyl (C=O) groups excluding carboxylic acids is 3. The first kappa shape index (κ1) is 16.2. The summed E-state index contributed by atoms with van der Waals surface area (Å²) in [6.07, 6.45) is 3.00. The van der Waals surface area contributed by atoms with E-state index in [1.54, 1.807) is 11.0 Å². The largest absolute Gasteiger partial charge is 0.469 e. The van der Waals surface area contributed by atoms with Crippen molar-refractivity contribution in [3.8, 4) is 0 Å². The van der Waals surface area contributed by atoms with Crippen molar-refractivity contribution in [3.63, 3.8) is 0 Å². The van der Waals surface area contributed by atoms with Crippen LogP contribution < -0.4 is 10.9 Å². The summed E-state index contributed by atoms with van der Waals surface area (Å²) in [6.45, 7) is 0. The molecule has 1 saturated heterocycles. The van der Waals surface area contributed by atoms with Gasteiger partial charge in [-0.05, 0) is 24.8 Å². The molecule has 8 nitrogen and oxygen atoms in total. The average molecular weight is 333 g/mol. The Morgan fingerprint density at radius 3 is 2.83 bits per heavy atom. The van der Waals surface area contributed by atoms with Crippen LogP contribution in [0.25, 0.3) is 0 Å². The molecule has 0 aromatic carbocycles. The molecule has 1 aromatic heterocycles. The van der Waals surface area contributed by atoms with Crippen LogP contribution in [0.2, 0.25) is 0 Å². The lowest BCUT2D eigenvalue weighted by molar-refractivity contribution is -0.144. The molecule has 1 saturated carbocycles. The Labute approximate surface area is 138 Å². The Hall–Kier alpha value is -2.64. The highest BCUT2D eigenvalue weighted by Crippen LogP contribution is 2.48. The molecule has 2 aliphatic rings. The zero-order valence-electron chi connectivity index (χ0n) is 13.3. The number of amides is 2. The van der Waals surface area contributed by atoms with Crippen molar-refractivity contribution in [2.24, 2.45) is 5.92 Å². The van der Waals surface area contributed by atoms with E-state index < -0.39 is 12.0 Å². The Morgan fingerprint density at radius 1 is 1.33 bits per heavy atom. The summed E-state index contributed by atoms with van der Waals surface area (Å²) in [7, 11) is 1.28. The number of H-pyrrole nitrogens is 1. The lowest BCUT2D eigenvalue weighted by atomic mass is 10.1. The van der Waals surface area contributed by atoms with Gasteiger partial charge in [0.05, 0.1) is 13.5 Å².